The Morgan fingerprint density at radius 3 is 2.49 bits per heavy atom. The molecular formula is C37H45FN4O5. The highest BCUT2D eigenvalue weighted by Crippen LogP contribution is 2.42. The highest BCUT2D eigenvalue weighted by atomic mass is 19.1. The van der Waals surface area contributed by atoms with Gasteiger partial charge in [-0.1, -0.05) is 44.2 Å². The first-order valence-electron chi connectivity index (χ1n) is 16.5. The number of hydrogen-bond donors (Lipinski definition) is 5. The predicted octanol–water partition coefficient (Wildman–Crippen LogP) is 5.98. The molecule has 250 valence electrons. The molecular weight excluding hydrogens is 599 g/mol. The van der Waals surface area contributed by atoms with Crippen LogP contribution in [0.4, 0.5) is 14.9 Å². The third-order valence-electron chi connectivity index (χ3n) is 9.00. The second-order valence-electron chi connectivity index (χ2n) is 13.1. The Morgan fingerprint density at radius 2 is 1.81 bits per heavy atom. The summed E-state index contributed by atoms with van der Waals surface area (Å²) in [4.78, 5) is 31.4. The van der Waals surface area contributed by atoms with Crippen LogP contribution >= 0.6 is 0 Å². The molecule has 0 saturated carbocycles. The van der Waals surface area contributed by atoms with Gasteiger partial charge in [-0.25, -0.2) is 9.18 Å². The Balaban J connectivity index is 1.52. The zero-order valence-electron chi connectivity index (χ0n) is 27.3. The number of aliphatic carboxylic acids is 1. The van der Waals surface area contributed by atoms with E-state index in [-0.39, 0.29) is 30.2 Å². The van der Waals surface area contributed by atoms with Crippen molar-refractivity contribution in [3.63, 3.8) is 0 Å². The number of nitrogens with zero attached hydrogens (tertiary/aromatic N) is 2. The van der Waals surface area contributed by atoms with Gasteiger partial charge in [0.25, 0.3) is 0 Å². The number of rotatable bonds is 10. The van der Waals surface area contributed by atoms with Gasteiger partial charge in [0.05, 0.1) is 30.0 Å². The fraction of sp³-hybridized carbons (Fsp3) is 0.432. The highest BCUT2D eigenvalue weighted by molar-refractivity contribution is 5.91. The van der Waals surface area contributed by atoms with Crippen LogP contribution in [0.3, 0.4) is 0 Å². The number of carboxylic acids is 1. The van der Waals surface area contributed by atoms with Gasteiger partial charge in [0, 0.05) is 29.3 Å². The van der Waals surface area contributed by atoms with E-state index in [4.69, 9.17) is 10.1 Å². The van der Waals surface area contributed by atoms with Gasteiger partial charge < -0.3 is 30.9 Å². The maximum absolute atomic E-state index is 14.1. The summed E-state index contributed by atoms with van der Waals surface area (Å²) in [6.45, 7) is 6.01. The molecule has 0 spiro atoms. The van der Waals surface area contributed by atoms with Crippen LogP contribution in [0, 0.1) is 5.82 Å². The normalized spacial score (nSPS) is 16.7. The van der Waals surface area contributed by atoms with Gasteiger partial charge in [-0.05, 0) is 105 Å². The number of urea groups is 1. The number of aliphatic hydroxyl groups is 2. The molecule has 1 aliphatic carbocycles. The van der Waals surface area contributed by atoms with Crippen molar-refractivity contribution in [2.24, 2.45) is 0 Å². The molecule has 47 heavy (non-hydrogen) atoms. The van der Waals surface area contributed by atoms with Crippen molar-refractivity contribution in [3.8, 4) is 22.4 Å². The molecule has 2 heterocycles. The fourth-order valence-corrected chi connectivity index (χ4v) is 6.60. The Kier molecular flexibility index (Phi) is 11.1. The second-order valence-corrected chi connectivity index (χ2v) is 13.1. The maximum atomic E-state index is 14.1. The zero-order valence-corrected chi connectivity index (χ0v) is 27.3. The van der Waals surface area contributed by atoms with Crippen LogP contribution in [0.5, 0.6) is 0 Å². The number of carbonyl (C=O) groups is 2. The minimum absolute atomic E-state index is 0.00944. The molecule has 0 bridgehead atoms. The van der Waals surface area contributed by atoms with E-state index in [2.05, 4.69) is 22.6 Å². The molecule has 2 aromatic carbocycles. The summed E-state index contributed by atoms with van der Waals surface area (Å²) < 4.78 is 14.1. The summed E-state index contributed by atoms with van der Waals surface area (Å²) in [7, 11) is 2.09. The summed E-state index contributed by atoms with van der Waals surface area (Å²) in [5.74, 6) is -1.49. The first-order valence-corrected chi connectivity index (χ1v) is 16.5. The first-order chi connectivity index (χ1) is 22.5. The molecule has 10 heteroatoms. The molecule has 9 nitrogen and oxygen atoms in total. The van der Waals surface area contributed by atoms with Crippen LogP contribution < -0.4 is 10.6 Å². The van der Waals surface area contributed by atoms with Crippen molar-refractivity contribution in [3.05, 3.63) is 76.7 Å². The van der Waals surface area contributed by atoms with E-state index in [0.29, 0.717) is 6.42 Å². The van der Waals surface area contributed by atoms with E-state index < -0.39 is 24.6 Å². The largest absolute Gasteiger partial charge is 0.481 e. The molecule has 2 amide bonds. The lowest BCUT2D eigenvalue weighted by Gasteiger charge is -2.29. The van der Waals surface area contributed by atoms with E-state index in [1.165, 1.54) is 12.1 Å². The minimum Gasteiger partial charge on any atom is -0.481 e. The van der Waals surface area contributed by atoms with E-state index in [0.717, 1.165) is 89.2 Å². The molecule has 5 N–H and O–H groups in total. The zero-order chi connectivity index (χ0) is 33.7. The molecule has 0 radical (unpaired) electrons. The molecule has 2 atom stereocenters. The van der Waals surface area contributed by atoms with Crippen molar-refractivity contribution in [1.82, 2.24) is 15.2 Å². The van der Waals surface area contributed by atoms with Crippen LogP contribution in [0.15, 0.2) is 48.5 Å². The third-order valence-corrected chi connectivity index (χ3v) is 9.00. The smallest absolute Gasteiger partial charge is 0.319 e. The molecule has 5 rings (SSSR count). The van der Waals surface area contributed by atoms with Crippen molar-refractivity contribution < 1.29 is 29.3 Å². The number of benzene rings is 2. The Hall–Kier alpha value is -4.12. The summed E-state index contributed by atoms with van der Waals surface area (Å²) >= 11 is 0. The number of piperidine rings is 1. The maximum Gasteiger partial charge on any atom is 0.319 e. The topological polar surface area (TPSA) is 135 Å². The number of carbonyl (C=O) groups excluding carboxylic acids is 1. The molecule has 3 aromatic rings. The van der Waals surface area contributed by atoms with E-state index in [9.17, 15) is 24.2 Å². The Bertz CT molecular complexity index is 1620. The van der Waals surface area contributed by atoms with Crippen molar-refractivity contribution in [2.45, 2.75) is 83.0 Å². The van der Waals surface area contributed by atoms with E-state index in [1.54, 1.807) is 24.3 Å². The number of hydrogen-bond acceptors (Lipinski definition) is 6. The van der Waals surface area contributed by atoms with Crippen LogP contribution in [-0.2, 0) is 17.6 Å². The second kappa shape index (κ2) is 15.2. The Morgan fingerprint density at radius 1 is 1.09 bits per heavy atom. The average Bonchev–Trinajstić information content (AvgIpc) is 3.19. The van der Waals surface area contributed by atoms with Crippen LogP contribution in [-0.4, -0.2) is 75.6 Å². The lowest BCUT2D eigenvalue weighted by Crippen LogP contribution is -2.44. The van der Waals surface area contributed by atoms with Crippen molar-refractivity contribution >= 4 is 23.8 Å². The SMILES string of the molecule is CC(C)c1nc2c(c(-c3ccc(F)cc3)c1/C=C/[C@@H](O)C[C@@H](O)CC(=O)O)CCCc1cc(NC(=O)NC3CCN(C)CC3)ccc1-2. The van der Waals surface area contributed by atoms with Crippen molar-refractivity contribution in [2.75, 3.05) is 25.5 Å². The van der Waals surface area contributed by atoms with Crippen LogP contribution in [0.25, 0.3) is 28.5 Å². The molecule has 0 unspecified atom stereocenters. The summed E-state index contributed by atoms with van der Waals surface area (Å²) in [6.07, 6.45) is 4.69. The number of pyridine rings is 1. The summed E-state index contributed by atoms with van der Waals surface area (Å²) in [6, 6.07) is 12.3. The number of aliphatic hydroxyl groups excluding tert-OH is 2. The standard InChI is InChI=1S/C37H45FN4O5/c1-22(2)35-32(14-12-28(43)20-29(44)21-33(45)46)34(23-7-9-25(38)10-8-23)31-6-4-5-24-19-27(11-13-30(24)36(31)41-35)40-37(47)39-26-15-17-42(3)18-16-26/h7-14,19,22,26,28-29,43-44H,4-6,15-18,20-21H2,1-3H3,(H,45,46)(H2,39,40,47)/b14-12+/t28-,29-/m1/s1. The van der Waals surface area contributed by atoms with Gasteiger partial charge in [0.1, 0.15) is 5.82 Å². The first kappa shape index (κ1) is 34.2. The lowest BCUT2D eigenvalue weighted by molar-refractivity contribution is -0.139. The van der Waals surface area contributed by atoms with E-state index >= 15 is 0 Å². The van der Waals surface area contributed by atoms with Gasteiger partial charge in [-0.15, -0.1) is 0 Å². The lowest BCUT2D eigenvalue weighted by atomic mass is 9.86. The average molecular weight is 645 g/mol. The quantitative estimate of drug-likeness (QED) is 0.183. The van der Waals surface area contributed by atoms with Gasteiger partial charge >= 0.3 is 12.0 Å². The number of likely N-dealkylation sites (tertiary alicyclic amines) is 1. The predicted molar refractivity (Wildman–Crippen MR) is 182 cm³/mol. The number of carboxylic acid groups (broad SMARTS) is 1. The number of amides is 2. The number of halogens is 1. The number of aryl methyl sites for hydroxylation is 1. The summed E-state index contributed by atoms with van der Waals surface area (Å²) in [5.41, 5.74) is 7.96. The minimum atomic E-state index is -1.19. The summed E-state index contributed by atoms with van der Waals surface area (Å²) in [5, 5.41) is 35.9. The molecule has 2 aliphatic rings. The van der Waals surface area contributed by atoms with Crippen molar-refractivity contribution in [1.29, 1.82) is 0 Å². The highest BCUT2D eigenvalue weighted by Gasteiger charge is 2.26. The molecule has 1 aromatic heterocycles. The monoisotopic (exact) mass is 644 g/mol. The number of anilines is 1. The van der Waals surface area contributed by atoms with E-state index in [1.807, 2.05) is 32.0 Å². The fourth-order valence-electron chi connectivity index (χ4n) is 6.60. The van der Waals surface area contributed by atoms with Gasteiger partial charge in [-0.3, -0.25) is 9.78 Å². The molecule has 1 fully saturated rings. The van der Waals surface area contributed by atoms with Crippen LogP contribution in [0.1, 0.15) is 74.3 Å². The number of aromatic nitrogens is 1. The Labute approximate surface area is 275 Å². The third kappa shape index (κ3) is 8.62. The molecule has 1 aliphatic heterocycles. The molecule has 1 saturated heterocycles. The van der Waals surface area contributed by atoms with Gasteiger partial charge in [0.15, 0.2) is 0 Å². The van der Waals surface area contributed by atoms with Crippen LogP contribution in [0.2, 0.25) is 0 Å². The number of fused-ring (bicyclic) bond motifs is 3. The van der Waals surface area contributed by atoms with Gasteiger partial charge in [-0.2, -0.15) is 0 Å². The van der Waals surface area contributed by atoms with Gasteiger partial charge in [0.2, 0.25) is 0 Å². The number of nitrogens with one attached hydrogen (secondary N) is 2.